The molecule has 0 aromatic heterocycles. The van der Waals surface area contributed by atoms with E-state index in [2.05, 4.69) is 30.3 Å². The molecule has 1 unspecified atom stereocenters. The van der Waals surface area contributed by atoms with Gasteiger partial charge in [0.1, 0.15) is 0 Å². The summed E-state index contributed by atoms with van der Waals surface area (Å²) in [5, 5.41) is 12.7. The fourth-order valence-electron chi connectivity index (χ4n) is 2.38. The Kier molecular flexibility index (Phi) is 3.30. The van der Waals surface area contributed by atoms with Crippen LogP contribution in [0.3, 0.4) is 0 Å². The maximum Gasteiger partial charge on any atom is 0.0830 e. The predicted octanol–water partition coefficient (Wildman–Crippen LogP) is 4.12. The minimum absolute atomic E-state index is 0.442. The normalized spacial score (nSPS) is 12.5. The van der Waals surface area contributed by atoms with Crippen molar-refractivity contribution in [2.24, 2.45) is 0 Å². The van der Waals surface area contributed by atoms with Crippen LogP contribution in [0.1, 0.15) is 17.2 Å². The maximum absolute atomic E-state index is 10.2. The van der Waals surface area contributed by atoms with Crippen LogP contribution in [0.15, 0.2) is 72.8 Å². The van der Waals surface area contributed by atoms with Gasteiger partial charge in [0.2, 0.25) is 0 Å². The Hall–Kier alpha value is -2.12. The third-order valence-corrected chi connectivity index (χ3v) is 3.43. The zero-order chi connectivity index (χ0) is 13.1. The number of aliphatic hydroxyl groups is 1. The maximum atomic E-state index is 10.2. The van der Waals surface area contributed by atoms with E-state index in [0.717, 1.165) is 11.1 Å². The average molecular weight is 248 g/mol. The van der Waals surface area contributed by atoms with Gasteiger partial charge in [0.05, 0.1) is 6.10 Å². The van der Waals surface area contributed by atoms with E-state index in [1.807, 2.05) is 42.5 Å². The zero-order valence-electron chi connectivity index (χ0n) is 10.7. The van der Waals surface area contributed by atoms with Crippen LogP contribution in [0.5, 0.6) is 0 Å². The fourth-order valence-corrected chi connectivity index (χ4v) is 2.38. The molecule has 0 aliphatic heterocycles. The molecule has 0 fully saturated rings. The van der Waals surface area contributed by atoms with Crippen molar-refractivity contribution in [3.8, 4) is 0 Å². The summed E-state index contributed by atoms with van der Waals surface area (Å²) in [6.45, 7) is 0. The number of aliphatic hydroxyl groups excluding tert-OH is 1. The molecule has 3 aromatic carbocycles. The van der Waals surface area contributed by atoms with Gasteiger partial charge in [-0.1, -0.05) is 72.8 Å². The van der Waals surface area contributed by atoms with E-state index in [-0.39, 0.29) is 0 Å². The lowest BCUT2D eigenvalue weighted by Gasteiger charge is -2.11. The van der Waals surface area contributed by atoms with Gasteiger partial charge in [-0.25, -0.2) is 0 Å². The molecule has 1 heteroatoms. The predicted molar refractivity (Wildman–Crippen MR) is 79.1 cm³/mol. The first-order chi connectivity index (χ1) is 9.33. The molecule has 3 rings (SSSR count). The van der Waals surface area contributed by atoms with Crippen LogP contribution in [0.4, 0.5) is 0 Å². The van der Waals surface area contributed by atoms with Crippen LogP contribution >= 0.6 is 0 Å². The molecule has 1 nitrogen and oxygen atoms in total. The number of hydrogen-bond donors (Lipinski definition) is 1. The van der Waals surface area contributed by atoms with Gasteiger partial charge < -0.3 is 5.11 Å². The summed E-state index contributed by atoms with van der Waals surface area (Å²) >= 11 is 0. The third-order valence-electron chi connectivity index (χ3n) is 3.43. The molecular weight excluding hydrogens is 232 g/mol. The third kappa shape index (κ3) is 2.67. The first kappa shape index (κ1) is 11.9. The Morgan fingerprint density at radius 3 is 2.21 bits per heavy atom. The minimum atomic E-state index is -0.442. The first-order valence-corrected chi connectivity index (χ1v) is 6.53. The molecule has 1 atom stereocenters. The van der Waals surface area contributed by atoms with E-state index in [1.54, 1.807) is 0 Å². The number of benzene rings is 3. The highest BCUT2D eigenvalue weighted by molar-refractivity contribution is 5.82. The minimum Gasteiger partial charge on any atom is -0.388 e. The second-order valence-electron chi connectivity index (χ2n) is 4.81. The Labute approximate surface area is 113 Å². The summed E-state index contributed by atoms with van der Waals surface area (Å²) in [6, 6.07) is 24.5. The van der Waals surface area contributed by atoms with Crippen molar-refractivity contribution in [1.82, 2.24) is 0 Å². The van der Waals surface area contributed by atoms with E-state index in [9.17, 15) is 5.11 Å². The second kappa shape index (κ2) is 5.25. The molecule has 0 spiro atoms. The van der Waals surface area contributed by atoms with Crippen LogP contribution < -0.4 is 0 Å². The van der Waals surface area contributed by atoms with Crippen LogP contribution in [0.25, 0.3) is 10.8 Å². The molecule has 0 radical (unpaired) electrons. The van der Waals surface area contributed by atoms with Gasteiger partial charge in [-0.2, -0.15) is 0 Å². The van der Waals surface area contributed by atoms with Crippen molar-refractivity contribution in [3.63, 3.8) is 0 Å². The van der Waals surface area contributed by atoms with Crippen molar-refractivity contribution >= 4 is 10.8 Å². The SMILES string of the molecule is OC(Cc1ccc2ccccc2c1)c1ccccc1. The number of hydrogen-bond acceptors (Lipinski definition) is 1. The van der Waals surface area contributed by atoms with Crippen molar-refractivity contribution in [2.75, 3.05) is 0 Å². The Bertz CT molecular complexity index is 673. The quantitative estimate of drug-likeness (QED) is 0.739. The highest BCUT2D eigenvalue weighted by Gasteiger charge is 2.08. The van der Waals surface area contributed by atoms with Gasteiger partial charge in [-0.3, -0.25) is 0 Å². The van der Waals surface area contributed by atoms with Gasteiger partial charge >= 0.3 is 0 Å². The lowest BCUT2D eigenvalue weighted by Crippen LogP contribution is -2.01. The lowest BCUT2D eigenvalue weighted by atomic mass is 9.99. The van der Waals surface area contributed by atoms with Gasteiger partial charge in [0.25, 0.3) is 0 Å². The van der Waals surface area contributed by atoms with Crippen LogP contribution in [-0.2, 0) is 6.42 Å². The van der Waals surface area contributed by atoms with Gasteiger partial charge in [-0.05, 0) is 21.9 Å². The first-order valence-electron chi connectivity index (χ1n) is 6.53. The Balaban J connectivity index is 1.85. The zero-order valence-corrected chi connectivity index (χ0v) is 10.7. The standard InChI is InChI=1S/C18H16O/c19-18(16-7-2-1-3-8-16)13-14-10-11-15-6-4-5-9-17(15)12-14/h1-12,18-19H,13H2. The Morgan fingerprint density at radius 1 is 0.737 bits per heavy atom. The molecule has 0 heterocycles. The molecule has 0 aliphatic rings. The molecule has 0 aliphatic carbocycles. The summed E-state index contributed by atoms with van der Waals surface area (Å²) in [4.78, 5) is 0. The van der Waals surface area contributed by atoms with Crippen molar-refractivity contribution in [1.29, 1.82) is 0 Å². The Morgan fingerprint density at radius 2 is 1.42 bits per heavy atom. The van der Waals surface area contributed by atoms with Gasteiger partial charge in [-0.15, -0.1) is 0 Å². The molecular formula is C18H16O. The van der Waals surface area contributed by atoms with Crippen molar-refractivity contribution in [3.05, 3.63) is 83.9 Å². The molecule has 0 amide bonds. The topological polar surface area (TPSA) is 20.2 Å². The number of rotatable bonds is 3. The van der Waals surface area contributed by atoms with Crippen LogP contribution in [0.2, 0.25) is 0 Å². The smallest absolute Gasteiger partial charge is 0.0830 e. The van der Waals surface area contributed by atoms with E-state index in [4.69, 9.17) is 0 Å². The summed E-state index contributed by atoms with van der Waals surface area (Å²) in [5.41, 5.74) is 2.13. The van der Waals surface area contributed by atoms with Crippen LogP contribution in [0, 0.1) is 0 Å². The molecule has 94 valence electrons. The summed E-state index contributed by atoms with van der Waals surface area (Å²) in [7, 11) is 0. The molecule has 0 saturated carbocycles. The highest BCUT2D eigenvalue weighted by atomic mass is 16.3. The molecule has 0 saturated heterocycles. The molecule has 3 aromatic rings. The van der Waals surface area contributed by atoms with Gasteiger partial charge in [0.15, 0.2) is 0 Å². The number of fused-ring (bicyclic) bond motifs is 1. The van der Waals surface area contributed by atoms with Gasteiger partial charge in [0, 0.05) is 6.42 Å². The monoisotopic (exact) mass is 248 g/mol. The van der Waals surface area contributed by atoms with Crippen molar-refractivity contribution in [2.45, 2.75) is 12.5 Å². The molecule has 19 heavy (non-hydrogen) atoms. The van der Waals surface area contributed by atoms with E-state index in [1.165, 1.54) is 10.8 Å². The highest BCUT2D eigenvalue weighted by Crippen LogP contribution is 2.21. The molecule has 0 bridgehead atoms. The van der Waals surface area contributed by atoms with E-state index in [0.29, 0.717) is 6.42 Å². The molecule has 1 N–H and O–H groups in total. The average Bonchev–Trinajstić information content (AvgIpc) is 2.48. The van der Waals surface area contributed by atoms with Crippen LogP contribution in [-0.4, -0.2) is 5.11 Å². The van der Waals surface area contributed by atoms with E-state index < -0.39 is 6.10 Å². The second-order valence-corrected chi connectivity index (χ2v) is 4.81. The summed E-state index contributed by atoms with van der Waals surface area (Å²) in [6.07, 6.45) is 0.205. The summed E-state index contributed by atoms with van der Waals surface area (Å²) < 4.78 is 0. The summed E-state index contributed by atoms with van der Waals surface area (Å²) in [5.74, 6) is 0. The van der Waals surface area contributed by atoms with Crippen molar-refractivity contribution < 1.29 is 5.11 Å². The largest absolute Gasteiger partial charge is 0.388 e. The fraction of sp³-hybridized carbons (Fsp3) is 0.111. The lowest BCUT2D eigenvalue weighted by molar-refractivity contribution is 0.178. The van der Waals surface area contributed by atoms with E-state index >= 15 is 0 Å².